The van der Waals surface area contributed by atoms with Crippen LogP contribution in [0.4, 0.5) is 0 Å². The summed E-state index contributed by atoms with van der Waals surface area (Å²) in [7, 11) is -2.14. The average molecular weight is 472 g/mol. The molecule has 1 amide bonds. The summed E-state index contributed by atoms with van der Waals surface area (Å²) in [5, 5.41) is 0. The molecule has 178 valence electrons. The summed E-state index contributed by atoms with van der Waals surface area (Å²) < 4.78 is 33.4. The Morgan fingerprint density at radius 3 is 2.27 bits per heavy atom. The third-order valence-corrected chi connectivity index (χ3v) is 8.58. The van der Waals surface area contributed by atoms with E-state index in [2.05, 4.69) is 24.0 Å². The zero-order valence-corrected chi connectivity index (χ0v) is 20.3. The van der Waals surface area contributed by atoms with Crippen molar-refractivity contribution in [2.75, 3.05) is 46.4 Å². The van der Waals surface area contributed by atoms with Crippen LogP contribution in [0.1, 0.15) is 35.7 Å². The fourth-order valence-corrected chi connectivity index (χ4v) is 6.01. The lowest BCUT2D eigenvalue weighted by Gasteiger charge is -2.35. The van der Waals surface area contributed by atoms with E-state index in [0.717, 1.165) is 32.5 Å². The second-order valence-electron chi connectivity index (χ2n) is 9.00. The number of ether oxygens (including phenoxy) is 1. The molecule has 4 rings (SSSR count). The normalized spacial score (nSPS) is 18.9. The minimum Gasteiger partial charge on any atom is -0.496 e. The Morgan fingerprint density at radius 2 is 1.64 bits per heavy atom. The lowest BCUT2D eigenvalue weighted by atomic mass is 10.0. The van der Waals surface area contributed by atoms with E-state index in [9.17, 15) is 13.2 Å². The van der Waals surface area contributed by atoms with Crippen molar-refractivity contribution >= 4 is 15.9 Å². The Morgan fingerprint density at radius 1 is 0.970 bits per heavy atom. The molecule has 0 saturated carbocycles. The van der Waals surface area contributed by atoms with E-state index in [0.29, 0.717) is 43.4 Å². The van der Waals surface area contributed by atoms with Crippen molar-refractivity contribution in [2.45, 2.75) is 31.2 Å². The molecule has 7 nitrogen and oxygen atoms in total. The quantitative estimate of drug-likeness (QED) is 0.648. The van der Waals surface area contributed by atoms with Crippen molar-refractivity contribution in [3.63, 3.8) is 0 Å². The maximum absolute atomic E-state index is 13.4. The van der Waals surface area contributed by atoms with Gasteiger partial charge in [-0.2, -0.15) is 4.31 Å². The molecule has 0 atom stereocenters. The topological polar surface area (TPSA) is 70.2 Å². The van der Waals surface area contributed by atoms with Crippen LogP contribution in [0, 0.1) is 5.92 Å². The van der Waals surface area contributed by atoms with Gasteiger partial charge < -0.3 is 9.64 Å². The van der Waals surface area contributed by atoms with Crippen molar-refractivity contribution in [1.29, 1.82) is 0 Å². The number of rotatable bonds is 6. The Bertz CT molecular complexity index is 1060. The highest BCUT2D eigenvalue weighted by Gasteiger charge is 2.31. The van der Waals surface area contributed by atoms with Crippen LogP contribution in [-0.2, 0) is 16.6 Å². The molecule has 0 radical (unpaired) electrons. The fourth-order valence-electron chi connectivity index (χ4n) is 4.51. The Balaban J connectivity index is 1.47. The largest absolute Gasteiger partial charge is 0.496 e. The predicted octanol–water partition coefficient (Wildman–Crippen LogP) is 3.07. The molecule has 0 aromatic heterocycles. The van der Waals surface area contributed by atoms with Crippen molar-refractivity contribution in [3.05, 3.63) is 59.7 Å². The van der Waals surface area contributed by atoms with Crippen LogP contribution >= 0.6 is 0 Å². The summed E-state index contributed by atoms with van der Waals surface area (Å²) in [4.78, 5) is 17.6. The first-order valence-electron chi connectivity index (χ1n) is 11.6. The maximum atomic E-state index is 13.4. The number of piperazine rings is 1. The van der Waals surface area contributed by atoms with Gasteiger partial charge in [-0.05, 0) is 42.5 Å². The van der Waals surface area contributed by atoms with E-state index in [4.69, 9.17) is 4.74 Å². The molecule has 2 fully saturated rings. The number of nitrogens with zero attached hydrogens (tertiary/aromatic N) is 3. The van der Waals surface area contributed by atoms with Gasteiger partial charge in [0.1, 0.15) is 5.75 Å². The van der Waals surface area contributed by atoms with Crippen LogP contribution in [0.2, 0.25) is 0 Å². The van der Waals surface area contributed by atoms with Crippen LogP contribution in [0.5, 0.6) is 5.75 Å². The van der Waals surface area contributed by atoms with Gasteiger partial charge in [0.15, 0.2) is 0 Å². The van der Waals surface area contributed by atoms with Gasteiger partial charge in [-0.1, -0.05) is 37.3 Å². The Kier molecular flexibility index (Phi) is 7.36. The number of carbonyl (C=O) groups excluding carboxylic acids is 1. The first-order chi connectivity index (χ1) is 15.9. The molecule has 0 spiro atoms. The highest BCUT2D eigenvalue weighted by molar-refractivity contribution is 7.89. The van der Waals surface area contributed by atoms with Gasteiger partial charge in [0.2, 0.25) is 10.0 Å². The van der Waals surface area contributed by atoms with E-state index >= 15 is 0 Å². The van der Waals surface area contributed by atoms with Gasteiger partial charge in [0, 0.05) is 45.8 Å². The molecule has 2 aromatic rings. The summed E-state index contributed by atoms with van der Waals surface area (Å²) in [5.41, 5.74) is 1.56. The SMILES string of the molecule is COc1ccc(S(=O)(=O)N2CCC(C)CC2)cc1C(=O)N1CCN(Cc2ccccc2)CC1. The minimum absolute atomic E-state index is 0.156. The van der Waals surface area contributed by atoms with Crippen LogP contribution in [0.3, 0.4) is 0 Å². The molecule has 0 N–H and O–H groups in total. The average Bonchev–Trinajstić information content (AvgIpc) is 2.84. The Hall–Kier alpha value is -2.42. The van der Waals surface area contributed by atoms with Crippen LogP contribution < -0.4 is 4.74 Å². The van der Waals surface area contributed by atoms with E-state index < -0.39 is 10.0 Å². The molecular formula is C25H33N3O4S. The van der Waals surface area contributed by atoms with E-state index in [1.165, 1.54) is 23.0 Å². The maximum Gasteiger partial charge on any atom is 0.257 e. The van der Waals surface area contributed by atoms with E-state index in [1.807, 2.05) is 18.2 Å². The first kappa shape index (κ1) is 23.7. The Labute approximate surface area is 197 Å². The number of hydrogen-bond acceptors (Lipinski definition) is 5. The number of piperidine rings is 1. The molecule has 2 aromatic carbocycles. The zero-order chi connectivity index (χ0) is 23.4. The van der Waals surface area contributed by atoms with Crippen molar-refractivity contribution in [1.82, 2.24) is 14.1 Å². The van der Waals surface area contributed by atoms with Gasteiger partial charge in [0.05, 0.1) is 17.6 Å². The molecule has 2 aliphatic rings. The summed E-state index contributed by atoms with van der Waals surface area (Å²) >= 11 is 0. The van der Waals surface area contributed by atoms with Crippen molar-refractivity contribution < 1.29 is 17.9 Å². The van der Waals surface area contributed by atoms with Crippen LogP contribution in [-0.4, -0.2) is 74.8 Å². The van der Waals surface area contributed by atoms with Gasteiger partial charge in [-0.15, -0.1) is 0 Å². The molecule has 33 heavy (non-hydrogen) atoms. The van der Waals surface area contributed by atoms with Gasteiger partial charge >= 0.3 is 0 Å². The fraction of sp³-hybridized carbons (Fsp3) is 0.480. The number of benzene rings is 2. The molecule has 8 heteroatoms. The third-order valence-electron chi connectivity index (χ3n) is 6.69. The first-order valence-corrected chi connectivity index (χ1v) is 13.1. The molecule has 2 saturated heterocycles. The van der Waals surface area contributed by atoms with Crippen molar-refractivity contribution in [3.8, 4) is 5.75 Å². The molecule has 2 aliphatic heterocycles. The van der Waals surface area contributed by atoms with Crippen LogP contribution in [0.25, 0.3) is 0 Å². The van der Waals surface area contributed by atoms with Gasteiger partial charge in [-0.3, -0.25) is 9.69 Å². The standard InChI is InChI=1S/C25H33N3O4S/c1-20-10-12-28(13-11-20)33(30,31)22-8-9-24(32-2)23(18-22)25(29)27-16-14-26(15-17-27)19-21-6-4-3-5-7-21/h3-9,18,20H,10-17,19H2,1-2H3. The van der Waals surface area contributed by atoms with E-state index in [1.54, 1.807) is 17.0 Å². The summed E-state index contributed by atoms with van der Waals surface area (Å²) in [6, 6.07) is 14.9. The van der Waals surface area contributed by atoms with Gasteiger partial charge in [-0.25, -0.2) is 8.42 Å². The number of amides is 1. The van der Waals surface area contributed by atoms with Gasteiger partial charge in [0.25, 0.3) is 5.91 Å². The zero-order valence-electron chi connectivity index (χ0n) is 19.4. The lowest BCUT2D eigenvalue weighted by Crippen LogP contribution is -2.48. The van der Waals surface area contributed by atoms with Crippen molar-refractivity contribution in [2.24, 2.45) is 5.92 Å². The molecule has 0 unspecified atom stereocenters. The minimum atomic E-state index is -3.64. The highest BCUT2D eigenvalue weighted by atomic mass is 32.2. The number of methoxy groups -OCH3 is 1. The predicted molar refractivity (Wildman–Crippen MR) is 128 cm³/mol. The molecule has 0 aliphatic carbocycles. The second-order valence-corrected chi connectivity index (χ2v) is 10.9. The summed E-state index contributed by atoms with van der Waals surface area (Å²) in [6.45, 7) is 6.76. The summed E-state index contributed by atoms with van der Waals surface area (Å²) in [6.07, 6.45) is 1.71. The number of sulfonamides is 1. The molecular weight excluding hydrogens is 438 g/mol. The number of carbonyl (C=O) groups is 1. The lowest BCUT2D eigenvalue weighted by molar-refractivity contribution is 0.0625. The van der Waals surface area contributed by atoms with E-state index in [-0.39, 0.29) is 10.8 Å². The third kappa shape index (κ3) is 5.39. The summed E-state index contributed by atoms with van der Waals surface area (Å²) in [5.74, 6) is 0.749. The monoisotopic (exact) mass is 471 g/mol. The molecule has 2 heterocycles. The number of hydrogen-bond donors (Lipinski definition) is 0. The van der Waals surface area contributed by atoms with Crippen LogP contribution in [0.15, 0.2) is 53.4 Å². The smallest absolute Gasteiger partial charge is 0.257 e. The second kappa shape index (κ2) is 10.2. The highest BCUT2D eigenvalue weighted by Crippen LogP contribution is 2.28. The molecule has 0 bridgehead atoms.